The third kappa shape index (κ3) is 5.29. The summed E-state index contributed by atoms with van der Waals surface area (Å²) in [6.45, 7) is 6.40. The minimum absolute atomic E-state index is 0.0142. The fourth-order valence-corrected chi connectivity index (χ4v) is 4.83. The van der Waals surface area contributed by atoms with Crippen LogP contribution in [0.3, 0.4) is 0 Å². The summed E-state index contributed by atoms with van der Waals surface area (Å²) in [7, 11) is 0. The number of rotatable bonds is 7. The van der Waals surface area contributed by atoms with Gasteiger partial charge >= 0.3 is 0 Å². The Kier molecular flexibility index (Phi) is 7.48. The number of halogens is 1. The Hall–Kier alpha value is -2.67. The van der Waals surface area contributed by atoms with Gasteiger partial charge in [0.15, 0.2) is 11.5 Å². The van der Waals surface area contributed by atoms with Crippen molar-refractivity contribution in [3.63, 3.8) is 0 Å². The Labute approximate surface area is 202 Å². The zero-order valence-electron chi connectivity index (χ0n) is 19.4. The molecular formula is C26H30BrN3O3. The van der Waals surface area contributed by atoms with Crippen LogP contribution >= 0.6 is 15.9 Å². The van der Waals surface area contributed by atoms with Crippen molar-refractivity contribution in [3.8, 4) is 11.5 Å². The molecule has 0 spiro atoms. The second kappa shape index (κ2) is 10.5. The summed E-state index contributed by atoms with van der Waals surface area (Å²) < 4.78 is 14.0. The van der Waals surface area contributed by atoms with Gasteiger partial charge in [0.1, 0.15) is 5.82 Å². The molecular weight excluding hydrogens is 482 g/mol. The molecule has 0 amide bonds. The van der Waals surface area contributed by atoms with Crippen LogP contribution in [0.2, 0.25) is 0 Å². The molecule has 0 saturated heterocycles. The van der Waals surface area contributed by atoms with Crippen molar-refractivity contribution in [1.29, 1.82) is 0 Å². The summed E-state index contributed by atoms with van der Waals surface area (Å²) in [5, 5.41) is 5.21. The second-order valence-electron chi connectivity index (χ2n) is 8.61. The molecule has 4 rings (SSSR count). The molecule has 1 aromatic heterocycles. The van der Waals surface area contributed by atoms with E-state index in [0.717, 1.165) is 47.1 Å². The number of fused-ring (bicyclic) bond motifs is 1. The first-order chi connectivity index (χ1) is 16.0. The highest BCUT2D eigenvalue weighted by atomic mass is 79.9. The van der Waals surface area contributed by atoms with Crippen LogP contribution in [0.25, 0.3) is 10.9 Å². The van der Waals surface area contributed by atoms with Crippen molar-refractivity contribution in [1.82, 2.24) is 9.66 Å². The first kappa shape index (κ1) is 23.5. The van der Waals surface area contributed by atoms with Crippen molar-refractivity contribution < 1.29 is 9.47 Å². The lowest BCUT2D eigenvalue weighted by Crippen LogP contribution is -2.25. The zero-order valence-corrected chi connectivity index (χ0v) is 21.0. The highest BCUT2D eigenvalue weighted by Crippen LogP contribution is 2.37. The minimum atomic E-state index is -0.138. The number of benzene rings is 2. The molecule has 0 atom stereocenters. The van der Waals surface area contributed by atoms with Crippen LogP contribution in [0, 0.1) is 0 Å². The van der Waals surface area contributed by atoms with Gasteiger partial charge in [-0.25, -0.2) is 4.98 Å². The van der Waals surface area contributed by atoms with Crippen LogP contribution in [0.15, 0.2) is 50.8 Å². The Morgan fingerprint density at radius 1 is 1.21 bits per heavy atom. The van der Waals surface area contributed by atoms with Crippen LogP contribution in [0.5, 0.6) is 11.5 Å². The van der Waals surface area contributed by atoms with Crippen molar-refractivity contribution in [2.75, 3.05) is 6.61 Å². The van der Waals surface area contributed by atoms with E-state index >= 15 is 0 Å². The van der Waals surface area contributed by atoms with E-state index in [4.69, 9.17) is 14.5 Å². The third-order valence-corrected chi connectivity index (χ3v) is 6.35. The lowest BCUT2D eigenvalue weighted by Gasteiger charge is -2.22. The molecule has 1 fully saturated rings. The maximum Gasteiger partial charge on any atom is 0.282 e. The van der Waals surface area contributed by atoms with Gasteiger partial charge in [-0.2, -0.15) is 9.78 Å². The maximum atomic E-state index is 13.4. The van der Waals surface area contributed by atoms with Gasteiger partial charge in [-0.1, -0.05) is 31.4 Å². The molecule has 0 aliphatic heterocycles. The fraction of sp³-hybridized carbons (Fsp3) is 0.423. The zero-order chi connectivity index (χ0) is 23.4. The van der Waals surface area contributed by atoms with Gasteiger partial charge in [-0.05, 0) is 79.4 Å². The van der Waals surface area contributed by atoms with Crippen molar-refractivity contribution in [3.05, 3.63) is 62.6 Å². The molecule has 2 aromatic carbocycles. The third-order valence-electron chi connectivity index (χ3n) is 5.76. The summed E-state index contributed by atoms with van der Waals surface area (Å²) in [6, 6.07) is 11.3. The standard InChI is InChI=1S/C26H30BrN3O3/c1-4-32-23-15-18(14-21(27)24(23)33-17(2)3)16-28-30-25(19-10-6-5-7-11-19)29-22-13-9-8-12-20(22)26(30)31/h8-9,12-17,19H,4-7,10-11H2,1-3H3. The molecule has 0 N–H and O–H groups in total. The van der Waals surface area contributed by atoms with E-state index in [0.29, 0.717) is 23.5 Å². The van der Waals surface area contributed by atoms with Crippen LogP contribution in [-0.4, -0.2) is 28.6 Å². The van der Waals surface area contributed by atoms with Gasteiger partial charge in [0.25, 0.3) is 5.56 Å². The number of hydrogen-bond donors (Lipinski definition) is 0. The van der Waals surface area contributed by atoms with Gasteiger partial charge < -0.3 is 9.47 Å². The van der Waals surface area contributed by atoms with Crippen molar-refractivity contribution in [2.45, 2.75) is 64.9 Å². The lowest BCUT2D eigenvalue weighted by molar-refractivity contribution is 0.222. The number of para-hydroxylation sites is 1. The summed E-state index contributed by atoms with van der Waals surface area (Å²) in [4.78, 5) is 18.3. The Bertz CT molecular complexity index is 1210. The smallest absolute Gasteiger partial charge is 0.282 e. The lowest BCUT2D eigenvalue weighted by atomic mass is 9.88. The Morgan fingerprint density at radius 2 is 1.97 bits per heavy atom. The number of aromatic nitrogens is 2. The maximum absolute atomic E-state index is 13.4. The Balaban J connectivity index is 1.79. The van der Waals surface area contributed by atoms with Gasteiger partial charge in [-0.3, -0.25) is 4.79 Å². The van der Waals surface area contributed by atoms with E-state index in [1.54, 1.807) is 6.21 Å². The van der Waals surface area contributed by atoms with Gasteiger partial charge in [0.05, 0.1) is 34.3 Å². The highest BCUT2D eigenvalue weighted by Gasteiger charge is 2.22. The van der Waals surface area contributed by atoms with Crippen LogP contribution in [0.4, 0.5) is 0 Å². The quantitative estimate of drug-likeness (QED) is 0.350. The van der Waals surface area contributed by atoms with E-state index in [1.165, 1.54) is 11.1 Å². The van der Waals surface area contributed by atoms with Gasteiger partial charge in [0.2, 0.25) is 0 Å². The molecule has 1 heterocycles. The van der Waals surface area contributed by atoms with Crippen LogP contribution in [-0.2, 0) is 0 Å². The van der Waals surface area contributed by atoms with E-state index in [1.807, 2.05) is 57.2 Å². The molecule has 1 aliphatic carbocycles. The number of nitrogens with zero attached hydrogens (tertiary/aromatic N) is 3. The van der Waals surface area contributed by atoms with Crippen molar-refractivity contribution >= 4 is 33.0 Å². The van der Waals surface area contributed by atoms with Crippen LogP contribution < -0.4 is 15.0 Å². The first-order valence-corrected chi connectivity index (χ1v) is 12.5. The summed E-state index contributed by atoms with van der Waals surface area (Å²) >= 11 is 3.60. The predicted octanol–water partition coefficient (Wildman–Crippen LogP) is 6.27. The summed E-state index contributed by atoms with van der Waals surface area (Å²) in [6.07, 6.45) is 7.30. The topological polar surface area (TPSA) is 65.7 Å². The summed E-state index contributed by atoms with van der Waals surface area (Å²) in [5.41, 5.74) is 1.39. The second-order valence-corrected chi connectivity index (χ2v) is 9.47. The SMILES string of the molecule is CCOc1cc(C=Nn2c(C3CCCCC3)nc3ccccc3c2=O)cc(Br)c1OC(C)C. The van der Waals surface area contributed by atoms with E-state index in [2.05, 4.69) is 21.0 Å². The molecule has 0 bridgehead atoms. The predicted molar refractivity (Wildman–Crippen MR) is 136 cm³/mol. The van der Waals surface area contributed by atoms with E-state index < -0.39 is 0 Å². The Morgan fingerprint density at radius 3 is 2.70 bits per heavy atom. The molecule has 33 heavy (non-hydrogen) atoms. The molecule has 6 nitrogen and oxygen atoms in total. The molecule has 7 heteroatoms. The van der Waals surface area contributed by atoms with Gasteiger partial charge in [0, 0.05) is 5.92 Å². The van der Waals surface area contributed by atoms with Crippen LogP contribution in [0.1, 0.15) is 70.2 Å². The largest absolute Gasteiger partial charge is 0.490 e. The molecule has 0 unspecified atom stereocenters. The number of ether oxygens (including phenoxy) is 2. The molecule has 3 aromatic rings. The van der Waals surface area contributed by atoms with Crippen molar-refractivity contribution in [2.24, 2.45) is 5.10 Å². The summed E-state index contributed by atoms with van der Waals surface area (Å²) in [5.74, 6) is 2.29. The highest BCUT2D eigenvalue weighted by molar-refractivity contribution is 9.10. The fourth-order valence-electron chi connectivity index (χ4n) is 4.28. The molecule has 1 aliphatic rings. The number of hydrogen-bond acceptors (Lipinski definition) is 5. The van der Waals surface area contributed by atoms with E-state index in [9.17, 15) is 4.79 Å². The molecule has 174 valence electrons. The minimum Gasteiger partial charge on any atom is -0.490 e. The van der Waals surface area contributed by atoms with Gasteiger partial charge in [-0.15, -0.1) is 0 Å². The molecule has 0 radical (unpaired) electrons. The first-order valence-electron chi connectivity index (χ1n) is 11.7. The van der Waals surface area contributed by atoms with E-state index in [-0.39, 0.29) is 17.6 Å². The molecule has 1 saturated carbocycles. The normalized spacial score (nSPS) is 14.9. The average Bonchev–Trinajstić information content (AvgIpc) is 2.81. The average molecular weight is 512 g/mol. The monoisotopic (exact) mass is 511 g/mol.